The fourth-order valence-corrected chi connectivity index (χ4v) is 2.08. The first-order chi connectivity index (χ1) is 9.70. The molecule has 0 unspecified atom stereocenters. The molecule has 0 saturated heterocycles. The first-order valence-corrected chi connectivity index (χ1v) is 6.81. The molecular formula is C16H19N3O. The average Bonchev–Trinajstić information content (AvgIpc) is 2.48. The minimum atomic E-state index is 0.0621. The lowest BCUT2D eigenvalue weighted by molar-refractivity contribution is 0.0766. The van der Waals surface area contributed by atoms with Gasteiger partial charge in [0.1, 0.15) is 0 Å². The van der Waals surface area contributed by atoms with Gasteiger partial charge in [-0.15, -0.1) is 0 Å². The Hall–Kier alpha value is -2.23. The van der Waals surface area contributed by atoms with Crippen molar-refractivity contribution in [3.63, 3.8) is 0 Å². The highest BCUT2D eigenvalue weighted by Crippen LogP contribution is 2.07. The summed E-state index contributed by atoms with van der Waals surface area (Å²) in [5, 5.41) is 0. The number of carbonyl (C=O) groups excluding carboxylic acids is 1. The monoisotopic (exact) mass is 269 g/mol. The van der Waals surface area contributed by atoms with E-state index in [0.29, 0.717) is 18.7 Å². The number of carbonyl (C=O) groups is 1. The lowest BCUT2D eigenvalue weighted by atomic mass is 10.1. The zero-order valence-corrected chi connectivity index (χ0v) is 11.9. The fraction of sp³-hybridized carbons (Fsp3) is 0.312. The van der Waals surface area contributed by atoms with Gasteiger partial charge in [-0.05, 0) is 50.1 Å². The van der Waals surface area contributed by atoms with Gasteiger partial charge in [0.2, 0.25) is 0 Å². The van der Waals surface area contributed by atoms with E-state index < -0.39 is 0 Å². The van der Waals surface area contributed by atoms with E-state index >= 15 is 0 Å². The Labute approximate surface area is 119 Å². The van der Waals surface area contributed by atoms with Gasteiger partial charge in [0.05, 0.1) is 0 Å². The van der Waals surface area contributed by atoms with Gasteiger partial charge >= 0.3 is 0 Å². The molecule has 0 bridgehead atoms. The maximum atomic E-state index is 12.4. The van der Waals surface area contributed by atoms with E-state index in [4.69, 9.17) is 0 Å². The van der Waals surface area contributed by atoms with Crippen LogP contribution in [0.15, 0.2) is 42.9 Å². The van der Waals surface area contributed by atoms with E-state index in [9.17, 15) is 4.79 Å². The van der Waals surface area contributed by atoms with Gasteiger partial charge in [-0.25, -0.2) is 0 Å². The highest BCUT2D eigenvalue weighted by molar-refractivity contribution is 5.94. The topological polar surface area (TPSA) is 46.1 Å². The molecule has 0 spiro atoms. The molecule has 0 aliphatic carbocycles. The van der Waals surface area contributed by atoms with Crippen molar-refractivity contribution in [3.8, 4) is 0 Å². The maximum absolute atomic E-state index is 12.4. The molecule has 4 nitrogen and oxygen atoms in total. The lowest BCUT2D eigenvalue weighted by Gasteiger charge is -2.21. The number of aromatic nitrogens is 2. The van der Waals surface area contributed by atoms with Crippen LogP contribution in [-0.2, 0) is 6.42 Å². The molecule has 0 aliphatic rings. The lowest BCUT2D eigenvalue weighted by Crippen LogP contribution is -2.32. The van der Waals surface area contributed by atoms with Crippen molar-refractivity contribution in [1.82, 2.24) is 14.9 Å². The predicted molar refractivity (Wildman–Crippen MR) is 78.5 cm³/mol. The Bertz CT molecular complexity index is 569. The predicted octanol–water partition coefficient (Wildman–Crippen LogP) is 2.49. The van der Waals surface area contributed by atoms with Crippen LogP contribution in [0.4, 0.5) is 0 Å². The van der Waals surface area contributed by atoms with Crippen molar-refractivity contribution >= 4 is 5.91 Å². The van der Waals surface area contributed by atoms with Crippen LogP contribution in [-0.4, -0.2) is 33.9 Å². The summed E-state index contributed by atoms with van der Waals surface area (Å²) < 4.78 is 0. The average molecular weight is 269 g/mol. The van der Waals surface area contributed by atoms with E-state index in [1.807, 2.05) is 36.9 Å². The molecule has 2 aromatic heterocycles. The van der Waals surface area contributed by atoms with Gasteiger partial charge in [-0.1, -0.05) is 0 Å². The molecule has 2 rings (SSSR count). The van der Waals surface area contributed by atoms with Crippen LogP contribution >= 0.6 is 0 Å². The van der Waals surface area contributed by atoms with E-state index in [1.165, 1.54) is 5.56 Å². The number of nitrogens with zero attached hydrogens (tertiary/aromatic N) is 3. The Morgan fingerprint density at radius 2 is 1.95 bits per heavy atom. The minimum Gasteiger partial charge on any atom is -0.339 e. The van der Waals surface area contributed by atoms with Gasteiger partial charge in [-0.3, -0.25) is 14.8 Å². The van der Waals surface area contributed by atoms with Gasteiger partial charge in [0.15, 0.2) is 0 Å². The third-order valence-electron chi connectivity index (χ3n) is 3.23. The van der Waals surface area contributed by atoms with Gasteiger partial charge in [-0.2, -0.15) is 0 Å². The molecule has 4 heteroatoms. The van der Waals surface area contributed by atoms with Gasteiger partial charge in [0, 0.05) is 42.9 Å². The summed E-state index contributed by atoms with van der Waals surface area (Å²) in [6.07, 6.45) is 6.07. The Balaban J connectivity index is 2.03. The zero-order valence-electron chi connectivity index (χ0n) is 11.9. The quantitative estimate of drug-likeness (QED) is 0.837. The smallest absolute Gasteiger partial charge is 0.253 e. The van der Waals surface area contributed by atoms with E-state index in [-0.39, 0.29) is 5.91 Å². The second-order valence-electron chi connectivity index (χ2n) is 4.68. The Kier molecular flexibility index (Phi) is 4.82. The number of pyridine rings is 2. The minimum absolute atomic E-state index is 0.0621. The molecule has 2 heterocycles. The van der Waals surface area contributed by atoms with Crippen LogP contribution in [0, 0.1) is 6.92 Å². The SMILES string of the molecule is CCN(CCc1ccncc1)C(=O)c1ccnc(C)c1. The number of likely N-dealkylation sites (N-methyl/N-ethyl adjacent to an activating group) is 1. The standard InChI is InChI=1S/C16H19N3O/c1-3-19(11-7-14-4-8-17-9-5-14)16(20)15-6-10-18-13(2)12-15/h4-6,8-10,12H,3,7,11H2,1-2H3. The van der Waals surface area contributed by atoms with Crippen LogP contribution in [0.1, 0.15) is 28.5 Å². The summed E-state index contributed by atoms with van der Waals surface area (Å²) in [5.74, 6) is 0.0621. The van der Waals surface area contributed by atoms with Crippen LogP contribution in [0.25, 0.3) is 0 Å². The first-order valence-electron chi connectivity index (χ1n) is 6.81. The van der Waals surface area contributed by atoms with E-state index in [0.717, 1.165) is 12.1 Å². The molecule has 1 amide bonds. The van der Waals surface area contributed by atoms with Crippen molar-refractivity contribution in [2.75, 3.05) is 13.1 Å². The summed E-state index contributed by atoms with van der Waals surface area (Å²) in [5.41, 5.74) is 2.76. The summed E-state index contributed by atoms with van der Waals surface area (Å²) in [6.45, 7) is 5.30. The highest BCUT2D eigenvalue weighted by Gasteiger charge is 2.14. The Morgan fingerprint density at radius 3 is 2.60 bits per heavy atom. The van der Waals surface area contributed by atoms with Crippen molar-refractivity contribution in [3.05, 3.63) is 59.7 Å². The normalized spacial score (nSPS) is 10.3. The summed E-state index contributed by atoms with van der Waals surface area (Å²) in [4.78, 5) is 22.4. The molecule has 20 heavy (non-hydrogen) atoms. The summed E-state index contributed by atoms with van der Waals surface area (Å²) in [6, 6.07) is 7.56. The number of aryl methyl sites for hydroxylation is 1. The Morgan fingerprint density at radius 1 is 1.20 bits per heavy atom. The maximum Gasteiger partial charge on any atom is 0.253 e. The second-order valence-corrected chi connectivity index (χ2v) is 4.68. The largest absolute Gasteiger partial charge is 0.339 e. The molecule has 2 aromatic rings. The molecule has 0 fully saturated rings. The number of hydrogen-bond acceptors (Lipinski definition) is 3. The summed E-state index contributed by atoms with van der Waals surface area (Å²) >= 11 is 0. The first kappa shape index (κ1) is 14.2. The van der Waals surface area contributed by atoms with Crippen LogP contribution in [0.2, 0.25) is 0 Å². The molecule has 0 aromatic carbocycles. The second kappa shape index (κ2) is 6.80. The fourth-order valence-electron chi connectivity index (χ4n) is 2.08. The summed E-state index contributed by atoms with van der Waals surface area (Å²) in [7, 11) is 0. The molecule has 0 aliphatic heterocycles. The van der Waals surface area contributed by atoms with Crippen LogP contribution < -0.4 is 0 Å². The van der Waals surface area contributed by atoms with Crippen molar-refractivity contribution in [2.45, 2.75) is 20.3 Å². The third-order valence-corrected chi connectivity index (χ3v) is 3.23. The van der Waals surface area contributed by atoms with Gasteiger partial charge < -0.3 is 4.90 Å². The number of amides is 1. The molecule has 0 saturated carbocycles. The molecule has 0 radical (unpaired) electrons. The highest BCUT2D eigenvalue weighted by atomic mass is 16.2. The molecule has 0 N–H and O–H groups in total. The van der Waals surface area contributed by atoms with E-state index in [1.54, 1.807) is 24.7 Å². The number of hydrogen-bond donors (Lipinski definition) is 0. The van der Waals surface area contributed by atoms with Crippen molar-refractivity contribution in [2.24, 2.45) is 0 Å². The van der Waals surface area contributed by atoms with Crippen LogP contribution in [0.3, 0.4) is 0 Å². The number of rotatable bonds is 5. The van der Waals surface area contributed by atoms with Crippen molar-refractivity contribution in [1.29, 1.82) is 0 Å². The molecular weight excluding hydrogens is 250 g/mol. The van der Waals surface area contributed by atoms with Crippen LogP contribution in [0.5, 0.6) is 0 Å². The van der Waals surface area contributed by atoms with Gasteiger partial charge in [0.25, 0.3) is 5.91 Å². The van der Waals surface area contributed by atoms with E-state index in [2.05, 4.69) is 9.97 Å². The zero-order chi connectivity index (χ0) is 14.4. The molecule has 104 valence electrons. The van der Waals surface area contributed by atoms with Crippen molar-refractivity contribution < 1.29 is 4.79 Å². The third kappa shape index (κ3) is 3.63. The molecule has 0 atom stereocenters.